The highest BCUT2D eigenvalue weighted by molar-refractivity contribution is 5.92. The van der Waals surface area contributed by atoms with E-state index in [-0.39, 0.29) is 25.5 Å². The second kappa shape index (κ2) is 8.77. The number of hydrogen-bond acceptors (Lipinski definition) is 5. The number of benzene rings is 1. The molecule has 0 aliphatic heterocycles. The predicted molar refractivity (Wildman–Crippen MR) is 97.6 cm³/mol. The van der Waals surface area contributed by atoms with E-state index < -0.39 is 5.97 Å². The van der Waals surface area contributed by atoms with Crippen LogP contribution in [0.15, 0.2) is 24.8 Å². The molecule has 0 aliphatic rings. The van der Waals surface area contributed by atoms with Crippen molar-refractivity contribution >= 4 is 5.97 Å². The Morgan fingerprint density at radius 3 is 2.35 bits per heavy atom. The van der Waals surface area contributed by atoms with Crippen molar-refractivity contribution in [3.63, 3.8) is 0 Å². The second-order valence-electron chi connectivity index (χ2n) is 5.86. The van der Waals surface area contributed by atoms with Gasteiger partial charge in [0.25, 0.3) is 0 Å². The van der Waals surface area contributed by atoms with Gasteiger partial charge in [-0.2, -0.15) is 0 Å². The smallest absolute Gasteiger partial charge is 0.352 e. The molecule has 0 amide bonds. The lowest BCUT2D eigenvalue weighted by Gasteiger charge is -2.17. The van der Waals surface area contributed by atoms with E-state index >= 15 is 0 Å². The van der Waals surface area contributed by atoms with Gasteiger partial charge in [0.05, 0.1) is 19.8 Å². The number of aromatic carboxylic acids is 1. The lowest BCUT2D eigenvalue weighted by atomic mass is 9.89. The molecule has 6 N–H and O–H groups in total. The largest absolute Gasteiger partial charge is 0.477 e. The Morgan fingerprint density at radius 1 is 1.15 bits per heavy atom. The highest BCUT2D eigenvalue weighted by atomic mass is 16.4. The fourth-order valence-corrected chi connectivity index (χ4v) is 3.26. The summed E-state index contributed by atoms with van der Waals surface area (Å²) < 4.78 is 0. The quantitative estimate of drug-likeness (QED) is 0.375. The van der Waals surface area contributed by atoms with Gasteiger partial charge in [-0.3, -0.25) is 0 Å². The minimum absolute atomic E-state index is 0.0748. The maximum absolute atomic E-state index is 11.7. The lowest BCUT2D eigenvalue weighted by Crippen LogP contribution is -2.08. The Hall–Kier alpha value is -2.45. The zero-order chi connectivity index (χ0) is 19.3. The Morgan fingerprint density at radius 2 is 1.85 bits per heavy atom. The number of aliphatic hydroxyl groups excluding tert-OH is 3. The number of nitrogens with one attached hydrogen (secondary N) is 2. The number of aromatic nitrogens is 1. The molecular formula is C19H24N2O5. The number of H-pyrrole nitrogens is 1. The highest BCUT2D eigenvalue weighted by Gasteiger charge is 2.24. The van der Waals surface area contributed by atoms with Crippen LogP contribution in [0.3, 0.4) is 0 Å². The zero-order valence-electron chi connectivity index (χ0n) is 14.7. The fourth-order valence-electron chi connectivity index (χ4n) is 3.26. The van der Waals surface area contributed by atoms with Crippen LogP contribution < -0.4 is 5.32 Å². The molecule has 1 heterocycles. The zero-order valence-corrected chi connectivity index (χ0v) is 14.7. The van der Waals surface area contributed by atoms with E-state index in [1.807, 2.05) is 0 Å². The van der Waals surface area contributed by atoms with Crippen molar-refractivity contribution in [1.29, 1.82) is 0 Å². The average molecular weight is 360 g/mol. The van der Waals surface area contributed by atoms with Gasteiger partial charge in [-0.1, -0.05) is 18.2 Å². The Balaban J connectivity index is 2.85. The van der Waals surface area contributed by atoms with Gasteiger partial charge in [-0.25, -0.2) is 4.79 Å². The summed E-state index contributed by atoms with van der Waals surface area (Å²) in [4.78, 5) is 14.6. The highest BCUT2D eigenvalue weighted by Crippen LogP contribution is 2.36. The van der Waals surface area contributed by atoms with Gasteiger partial charge in [0.1, 0.15) is 5.69 Å². The predicted octanol–water partition coefficient (Wildman–Crippen LogP) is 1.30. The molecule has 0 saturated carbocycles. The maximum atomic E-state index is 11.7. The van der Waals surface area contributed by atoms with E-state index in [1.165, 1.54) is 0 Å². The van der Waals surface area contributed by atoms with Crippen LogP contribution >= 0.6 is 0 Å². The summed E-state index contributed by atoms with van der Waals surface area (Å²) >= 11 is 0. The second-order valence-corrected chi connectivity index (χ2v) is 5.86. The monoisotopic (exact) mass is 360 g/mol. The summed E-state index contributed by atoms with van der Waals surface area (Å²) in [6.07, 6.45) is 1.95. The van der Waals surface area contributed by atoms with Crippen molar-refractivity contribution in [3.05, 3.63) is 58.4 Å². The van der Waals surface area contributed by atoms with Crippen LogP contribution in [0.25, 0.3) is 11.1 Å². The number of hydrogen-bond donors (Lipinski definition) is 6. The molecule has 0 saturated heterocycles. The van der Waals surface area contributed by atoms with Crippen LogP contribution in [0.5, 0.6) is 0 Å². The van der Waals surface area contributed by atoms with Gasteiger partial charge >= 0.3 is 5.97 Å². The number of carboxylic acids is 1. The molecule has 0 spiro atoms. The van der Waals surface area contributed by atoms with Crippen molar-refractivity contribution < 1.29 is 25.2 Å². The van der Waals surface area contributed by atoms with Gasteiger partial charge in [-0.05, 0) is 41.3 Å². The van der Waals surface area contributed by atoms with E-state index in [0.29, 0.717) is 52.0 Å². The van der Waals surface area contributed by atoms with Crippen LogP contribution in [0.1, 0.15) is 38.4 Å². The van der Waals surface area contributed by atoms with Gasteiger partial charge in [0.2, 0.25) is 0 Å². The van der Waals surface area contributed by atoms with Gasteiger partial charge in [0.15, 0.2) is 0 Å². The number of aromatic amines is 1. The Labute approximate surface area is 151 Å². The number of aliphatic hydroxyl groups is 3. The molecule has 0 fully saturated rings. The van der Waals surface area contributed by atoms with E-state index in [1.54, 1.807) is 25.3 Å². The standard InChI is InChI=1S/C19H24N2O5/c1-3-4-13-17(16(7-20-2)21-18(13)19(25)26)12-6-5-11(8-22)14(9-23)15(12)10-24/h3,5-6,20-24H,1,4,7-10H2,2H3,(H,25,26). The van der Waals surface area contributed by atoms with Gasteiger partial charge in [-0.15, -0.1) is 6.58 Å². The maximum Gasteiger partial charge on any atom is 0.352 e. The third-order valence-corrected chi connectivity index (χ3v) is 4.38. The van der Waals surface area contributed by atoms with Crippen molar-refractivity contribution in [2.24, 2.45) is 0 Å². The number of allylic oxidation sites excluding steroid dienone is 1. The number of carboxylic acid groups (broad SMARTS) is 1. The molecule has 0 aliphatic carbocycles. The van der Waals surface area contributed by atoms with Crippen molar-refractivity contribution in [3.8, 4) is 11.1 Å². The molecule has 1 aromatic heterocycles. The first-order valence-corrected chi connectivity index (χ1v) is 8.22. The summed E-state index contributed by atoms with van der Waals surface area (Å²) in [5.74, 6) is -1.08. The van der Waals surface area contributed by atoms with Crippen LogP contribution in [0.2, 0.25) is 0 Å². The lowest BCUT2D eigenvalue weighted by molar-refractivity contribution is 0.0690. The minimum Gasteiger partial charge on any atom is -0.477 e. The summed E-state index contributed by atoms with van der Waals surface area (Å²) in [5, 5.41) is 41.7. The summed E-state index contributed by atoms with van der Waals surface area (Å²) in [6, 6.07) is 3.41. The molecule has 7 heteroatoms. The minimum atomic E-state index is -1.08. The summed E-state index contributed by atoms with van der Waals surface area (Å²) in [5.41, 5.74) is 4.04. The Kier molecular flexibility index (Phi) is 6.70. The molecule has 140 valence electrons. The van der Waals surface area contributed by atoms with E-state index in [4.69, 9.17) is 0 Å². The molecule has 1 aromatic carbocycles. The van der Waals surface area contributed by atoms with Gasteiger partial charge < -0.3 is 30.7 Å². The molecular weight excluding hydrogens is 336 g/mol. The van der Waals surface area contributed by atoms with Crippen LogP contribution in [0, 0.1) is 0 Å². The molecule has 2 aromatic rings. The molecule has 0 atom stereocenters. The molecule has 0 bridgehead atoms. The SMILES string of the molecule is C=CCc1c(C(=O)O)[nH]c(CNC)c1-c1ccc(CO)c(CO)c1CO. The molecule has 0 unspecified atom stereocenters. The summed E-state index contributed by atoms with van der Waals surface area (Å²) in [7, 11) is 1.75. The fraction of sp³-hybridized carbons (Fsp3) is 0.316. The summed E-state index contributed by atoms with van der Waals surface area (Å²) in [6.45, 7) is 3.15. The van der Waals surface area contributed by atoms with Crippen molar-refractivity contribution in [2.45, 2.75) is 32.8 Å². The van der Waals surface area contributed by atoms with E-state index in [0.717, 1.165) is 0 Å². The third kappa shape index (κ3) is 3.56. The van der Waals surface area contributed by atoms with Gasteiger partial charge in [0, 0.05) is 17.8 Å². The average Bonchev–Trinajstić information content (AvgIpc) is 2.99. The molecule has 7 nitrogen and oxygen atoms in total. The first kappa shape index (κ1) is 19.9. The normalized spacial score (nSPS) is 10.9. The Bertz CT molecular complexity index is 811. The van der Waals surface area contributed by atoms with E-state index in [9.17, 15) is 25.2 Å². The first-order valence-electron chi connectivity index (χ1n) is 8.22. The van der Waals surface area contributed by atoms with Crippen LogP contribution in [0.4, 0.5) is 0 Å². The van der Waals surface area contributed by atoms with Crippen molar-refractivity contribution in [1.82, 2.24) is 10.3 Å². The van der Waals surface area contributed by atoms with Crippen LogP contribution in [-0.4, -0.2) is 38.4 Å². The van der Waals surface area contributed by atoms with Crippen LogP contribution in [-0.2, 0) is 32.8 Å². The van der Waals surface area contributed by atoms with Crippen molar-refractivity contribution in [2.75, 3.05) is 7.05 Å². The molecule has 26 heavy (non-hydrogen) atoms. The topological polar surface area (TPSA) is 126 Å². The number of rotatable bonds is 9. The molecule has 0 radical (unpaired) electrons. The number of carbonyl (C=O) groups is 1. The first-order chi connectivity index (χ1) is 12.5. The third-order valence-electron chi connectivity index (χ3n) is 4.38. The van der Waals surface area contributed by atoms with E-state index in [2.05, 4.69) is 16.9 Å². The molecule has 2 rings (SSSR count).